The van der Waals surface area contributed by atoms with Gasteiger partial charge in [0.15, 0.2) is 14.9 Å². The Labute approximate surface area is 148 Å². The number of hydrogen-bond donors (Lipinski definition) is 3. The van der Waals surface area contributed by atoms with Gasteiger partial charge in [0.1, 0.15) is 0 Å². The molecule has 1 aliphatic heterocycles. The summed E-state index contributed by atoms with van der Waals surface area (Å²) in [6.07, 6.45) is 1.72. The van der Waals surface area contributed by atoms with E-state index in [1.54, 1.807) is 0 Å². The molecule has 24 heavy (non-hydrogen) atoms. The molecule has 1 aromatic rings. The lowest BCUT2D eigenvalue weighted by atomic mass is 10.1. The lowest BCUT2D eigenvalue weighted by Crippen LogP contribution is -2.38. The topological polar surface area (TPSA) is 87.3 Å². The van der Waals surface area contributed by atoms with Gasteiger partial charge in [0.25, 0.3) is 0 Å². The van der Waals surface area contributed by atoms with Gasteiger partial charge in [-0.3, -0.25) is 4.79 Å². The minimum atomic E-state index is -2.98. The summed E-state index contributed by atoms with van der Waals surface area (Å²) in [7, 11) is -2.98. The fourth-order valence-electron chi connectivity index (χ4n) is 2.50. The smallest absolute Gasteiger partial charge is 0.222 e. The second kappa shape index (κ2) is 8.43. The number of nitrogens with one attached hydrogen (secondary N) is 3. The molecule has 1 amide bonds. The molecule has 0 aliphatic carbocycles. The fourth-order valence-corrected chi connectivity index (χ4v) is 4.39. The third-order valence-electron chi connectivity index (χ3n) is 3.86. The van der Waals surface area contributed by atoms with E-state index in [1.165, 1.54) is 5.56 Å². The van der Waals surface area contributed by atoms with Crippen LogP contribution in [0.2, 0.25) is 0 Å². The Kier molecular flexibility index (Phi) is 6.56. The average molecular weight is 370 g/mol. The largest absolute Gasteiger partial charge is 0.362 e. The Morgan fingerprint density at radius 1 is 1.29 bits per heavy atom. The molecular formula is C16H23N3O3S2. The van der Waals surface area contributed by atoms with Gasteiger partial charge in [0, 0.05) is 24.7 Å². The molecular weight excluding hydrogens is 346 g/mol. The van der Waals surface area contributed by atoms with Crippen LogP contribution in [0.4, 0.5) is 5.69 Å². The first-order chi connectivity index (χ1) is 11.4. The fraction of sp³-hybridized carbons (Fsp3) is 0.500. The van der Waals surface area contributed by atoms with Crippen molar-refractivity contribution in [3.63, 3.8) is 0 Å². The molecule has 0 aromatic heterocycles. The molecule has 0 spiro atoms. The Hall–Kier alpha value is -1.67. The number of aryl methyl sites for hydroxylation is 1. The van der Waals surface area contributed by atoms with E-state index >= 15 is 0 Å². The van der Waals surface area contributed by atoms with Gasteiger partial charge in [-0.15, -0.1) is 0 Å². The van der Waals surface area contributed by atoms with Crippen molar-refractivity contribution < 1.29 is 13.2 Å². The quantitative estimate of drug-likeness (QED) is 0.654. The number of hydrogen-bond acceptors (Lipinski definition) is 4. The van der Waals surface area contributed by atoms with Crippen molar-refractivity contribution in [1.29, 1.82) is 0 Å². The molecule has 3 N–H and O–H groups in total. The highest BCUT2D eigenvalue weighted by Gasteiger charge is 2.28. The number of benzene rings is 1. The molecule has 1 aliphatic rings. The number of amides is 1. The number of anilines is 1. The van der Waals surface area contributed by atoms with Crippen molar-refractivity contribution in [1.82, 2.24) is 10.6 Å². The highest BCUT2D eigenvalue weighted by molar-refractivity contribution is 7.91. The molecule has 8 heteroatoms. The molecule has 0 saturated carbocycles. The third kappa shape index (κ3) is 6.09. The summed E-state index contributed by atoms with van der Waals surface area (Å²) in [4.78, 5) is 11.8. The molecule has 1 aromatic carbocycles. The van der Waals surface area contributed by atoms with Gasteiger partial charge < -0.3 is 16.0 Å². The molecule has 132 valence electrons. The van der Waals surface area contributed by atoms with Crippen LogP contribution in [-0.4, -0.2) is 43.5 Å². The Bertz CT molecular complexity index is 687. The summed E-state index contributed by atoms with van der Waals surface area (Å²) < 4.78 is 22.7. The van der Waals surface area contributed by atoms with Crippen LogP contribution < -0.4 is 16.0 Å². The number of thiocarbonyl (C=S) groups is 1. The maximum atomic E-state index is 11.8. The van der Waals surface area contributed by atoms with Crippen molar-refractivity contribution in [3.05, 3.63) is 29.8 Å². The number of sulfone groups is 1. The molecule has 1 saturated heterocycles. The normalized spacial score (nSPS) is 18.8. The van der Waals surface area contributed by atoms with Gasteiger partial charge >= 0.3 is 0 Å². The maximum Gasteiger partial charge on any atom is 0.222 e. The number of carbonyl (C=O) groups excluding carboxylic acids is 1. The third-order valence-corrected chi connectivity index (χ3v) is 5.87. The first-order valence-corrected chi connectivity index (χ1v) is 10.2. The standard InChI is InChI=1S/C16H23N3O3S2/c1-2-12-3-5-13(6-4-12)19-16(23)17-9-7-15(20)18-14-8-10-24(21,22)11-14/h3-6,14H,2,7-11H2,1H3,(H,18,20)(H2,17,19,23). The first-order valence-electron chi connectivity index (χ1n) is 8.01. The van der Waals surface area contributed by atoms with E-state index in [2.05, 4.69) is 22.9 Å². The maximum absolute atomic E-state index is 11.8. The summed E-state index contributed by atoms with van der Waals surface area (Å²) in [6.45, 7) is 2.49. The second-order valence-electron chi connectivity index (χ2n) is 5.85. The van der Waals surface area contributed by atoms with Gasteiger partial charge in [-0.2, -0.15) is 0 Å². The minimum absolute atomic E-state index is 0.0416. The zero-order valence-electron chi connectivity index (χ0n) is 13.7. The molecule has 6 nitrogen and oxygen atoms in total. The van der Waals surface area contributed by atoms with Crippen LogP contribution in [0.5, 0.6) is 0 Å². The predicted molar refractivity (Wildman–Crippen MR) is 99.9 cm³/mol. The zero-order chi connectivity index (χ0) is 17.6. The zero-order valence-corrected chi connectivity index (χ0v) is 15.3. The summed E-state index contributed by atoms with van der Waals surface area (Å²) in [5.41, 5.74) is 2.15. The van der Waals surface area contributed by atoms with E-state index in [9.17, 15) is 13.2 Å². The average Bonchev–Trinajstić information content (AvgIpc) is 2.86. The van der Waals surface area contributed by atoms with E-state index < -0.39 is 9.84 Å². The summed E-state index contributed by atoms with van der Waals surface area (Å²) in [5, 5.41) is 9.24. The molecule has 0 radical (unpaired) electrons. The first kappa shape index (κ1) is 18.7. The highest BCUT2D eigenvalue weighted by Crippen LogP contribution is 2.11. The lowest BCUT2D eigenvalue weighted by Gasteiger charge is -2.13. The molecule has 1 fully saturated rings. The van der Waals surface area contributed by atoms with E-state index in [0.29, 0.717) is 18.1 Å². The molecule has 2 rings (SSSR count). The van der Waals surface area contributed by atoms with Crippen LogP contribution >= 0.6 is 12.2 Å². The van der Waals surface area contributed by atoms with Crippen LogP contribution in [-0.2, 0) is 21.1 Å². The summed E-state index contributed by atoms with van der Waals surface area (Å²) in [6, 6.07) is 7.73. The molecule has 1 heterocycles. The Balaban J connectivity index is 1.65. The van der Waals surface area contributed by atoms with Gasteiger partial charge in [0.05, 0.1) is 11.5 Å². The monoisotopic (exact) mass is 369 g/mol. The molecule has 1 unspecified atom stereocenters. The van der Waals surface area contributed by atoms with Crippen molar-refractivity contribution in [3.8, 4) is 0 Å². The number of rotatable bonds is 6. The van der Waals surface area contributed by atoms with Crippen LogP contribution in [0.3, 0.4) is 0 Å². The highest BCUT2D eigenvalue weighted by atomic mass is 32.2. The summed E-state index contributed by atoms with van der Waals surface area (Å²) in [5.74, 6) is 0.0284. The second-order valence-corrected chi connectivity index (χ2v) is 8.49. The Morgan fingerprint density at radius 3 is 2.58 bits per heavy atom. The minimum Gasteiger partial charge on any atom is -0.362 e. The van der Waals surface area contributed by atoms with Crippen molar-refractivity contribution >= 4 is 38.8 Å². The number of carbonyl (C=O) groups is 1. The van der Waals surface area contributed by atoms with Crippen LogP contribution in [0, 0.1) is 0 Å². The van der Waals surface area contributed by atoms with Gasteiger partial charge in [0.2, 0.25) is 5.91 Å². The van der Waals surface area contributed by atoms with Gasteiger partial charge in [-0.05, 0) is 42.8 Å². The van der Waals surface area contributed by atoms with Crippen LogP contribution in [0.1, 0.15) is 25.3 Å². The van der Waals surface area contributed by atoms with E-state index in [1.807, 2.05) is 24.3 Å². The predicted octanol–water partition coefficient (Wildman–Crippen LogP) is 1.23. The van der Waals surface area contributed by atoms with Crippen LogP contribution in [0.15, 0.2) is 24.3 Å². The Morgan fingerprint density at radius 2 is 2.00 bits per heavy atom. The SMILES string of the molecule is CCc1ccc(NC(=S)NCCC(=O)NC2CCS(=O)(=O)C2)cc1. The molecule has 1 atom stereocenters. The lowest BCUT2D eigenvalue weighted by molar-refractivity contribution is -0.121. The van der Waals surface area contributed by atoms with Crippen molar-refractivity contribution in [2.45, 2.75) is 32.2 Å². The van der Waals surface area contributed by atoms with Gasteiger partial charge in [-0.25, -0.2) is 8.42 Å². The van der Waals surface area contributed by atoms with Crippen molar-refractivity contribution in [2.24, 2.45) is 0 Å². The van der Waals surface area contributed by atoms with E-state index in [-0.39, 0.29) is 29.9 Å². The van der Waals surface area contributed by atoms with E-state index in [0.717, 1.165) is 12.1 Å². The van der Waals surface area contributed by atoms with Crippen LogP contribution in [0.25, 0.3) is 0 Å². The van der Waals surface area contributed by atoms with Crippen molar-refractivity contribution in [2.75, 3.05) is 23.4 Å². The van der Waals surface area contributed by atoms with E-state index in [4.69, 9.17) is 12.2 Å². The summed E-state index contributed by atoms with van der Waals surface area (Å²) >= 11 is 5.19. The molecule has 0 bridgehead atoms. The van der Waals surface area contributed by atoms with Gasteiger partial charge in [-0.1, -0.05) is 19.1 Å².